The van der Waals surface area contributed by atoms with E-state index in [-0.39, 0.29) is 17.8 Å². The van der Waals surface area contributed by atoms with Crippen LogP contribution in [-0.4, -0.2) is 17.0 Å². The molecule has 0 aliphatic carbocycles. The van der Waals surface area contributed by atoms with E-state index in [4.69, 9.17) is 4.74 Å². The van der Waals surface area contributed by atoms with Crippen LogP contribution in [0.25, 0.3) is 16.6 Å². The zero-order chi connectivity index (χ0) is 28.4. The van der Waals surface area contributed by atoms with Crippen molar-refractivity contribution in [1.29, 1.82) is 0 Å². The number of aryl methyl sites for hydroxylation is 2. The van der Waals surface area contributed by atoms with E-state index < -0.39 is 23.0 Å². The SMILES string of the molecule is CCN(C(=O)c1cn(-c2cc(C)cc(C)c2)c2cc(OCc3ccccc3)ccc2c1=O)c1cc(F)cc(F)c1. The normalized spacial score (nSPS) is 11.0. The first-order chi connectivity index (χ1) is 19.2. The Labute approximate surface area is 230 Å². The molecule has 5 nitrogen and oxygen atoms in total. The van der Waals surface area contributed by atoms with Gasteiger partial charge >= 0.3 is 0 Å². The van der Waals surface area contributed by atoms with E-state index in [1.165, 1.54) is 11.1 Å². The monoisotopic (exact) mass is 538 g/mol. The summed E-state index contributed by atoms with van der Waals surface area (Å²) in [7, 11) is 0. The summed E-state index contributed by atoms with van der Waals surface area (Å²) in [5.41, 5.74) is 3.79. The van der Waals surface area contributed by atoms with Crippen molar-refractivity contribution in [3.05, 3.63) is 135 Å². The van der Waals surface area contributed by atoms with Crippen LogP contribution in [-0.2, 0) is 6.61 Å². The second kappa shape index (κ2) is 11.1. The Morgan fingerprint density at radius 1 is 0.875 bits per heavy atom. The van der Waals surface area contributed by atoms with Crippen LogP contribution in [0.1, 0.15) is 34.0 Å². The Balaban J connectivity index is 1.66. The summed E-state index contributed by atoms with van der Waals surface area (Å²) < 4.78 is 35.8. The van der Waals surface area contributed by atoms with Crippen molar-refractivity contribution in [3.63, 3.8) is 0 Å². The maximum Gasteiger partial charge on any atom is 0.263 e. The van der Waals surface area contributed by atoms with E-state index in [2.05, 4.69) is 0 Å². The zero-order valence-electron chi connectivity index (χ0n) is 22.4. The molecule has 1 heterocycles. The molecular formula is C33H28F2N2O3. The summed E-state index contributed by atoms with van der Waals surface area (Å²) in [6.45, 7) is 6.08. The second-order valence-corrected chi connectivity index (χ2v) is 9.72. The van der Waals surface area contributed by atoms with Crippen LogP contribution in [0.4, 0.5) is 14.5 Å². The Kier molecular flexibility index (Phi) is 7.47. The van der Waals surface area contributed by atoms with Crippen LogP contribution < -0.4 is 15.1 Å². The zero-order valence-corrected chi connectivity index (χ0v) is 22.4. The van der Waals surface area contributed by atoms with Gasteiger partial charge in [0, 0.05) is 41.6 Å². The molecule has 0 atom stereocenters. The van der Waals surface area contributed by atoms with Crippen molar-refractivity contribution in [3.8, 4) is 11.4 Å². The Morgan fingerprint density at radius 2 is 1.55 bits per heavy atom. The van der Waals surface area contributed by atoms with Gasteiger partial charge in [0.1, 0.15) is 29.6 Å². The molecule has 0 saturated heterocycles. The van der Waals surface area contributed by atoms with Crippen molar-refractivity contribution in [2.75, 3.05) is 11.4 Å². The average molecular weight is 539 g/mol. The van der Waals surface area contributed by atoms with Crippen LogP contribution in [0.5, 0.6) is 5.75 Å². The van der Waals surface area contributed by atoms with Gasteiger partial charge in [-0.15, -0.1) is 0 Å². The van der Waals surface area contributed by atoms with Gasteiger partial charge < -0.3 is 14.2 Å². The molecular weight excluding hydrogens is 510 g/mol. The number of carbonyl (C=O) groups excluding carboxylic acids is 1. The molecule has 7 heteroatoms. The number of nitrogens with zero attached hydrogens (tertiary/aromatic N) is 2. The summed E-state index contributed by atoms with van der Waals surface area (Å²) in [4.78, 5) is 28.7. The Hall–Kier alpha value is -4.78. The third-order valence-electron chi connectivity index (χ3n) is 6.66. The Morgan fingerprint density at radius 3 is 2.20 bits per heavy atom. The molecule has 0 fully saturated rings. The highest BCUT2D eigenvalue weighted by atomic mass is 19.1. The molecule has 5 aromatic rings. The van der Waals surface area contributed by atoms with Gasteiger partial charge in [0.2, 0.25) is 5.43 Å². The van der Waals surface area contributed by atoms with Crippen molar-refractivity contribution in [2.45, 2.75) is 27.4 Å². The number of hydrogen-bond donors (Lipinski definition) is 0. The number of fused-ring (bicyclic) bond motifs is 1. The molecule has 0 aliphatic rings. The van der Waals surface area contributed by atoms with Crippen molar-refractivity contribution in [1.82, 2.24) is 4.57 Å². The second-order valence-electron chi connectivity index (χ2n) is 9.72. The van der Waals surface area contributed by atoms with Gasteiger partial charge in [-0.2, -0.15) is 0 Å². The van der Waals surface area contributed by atoms with Gasteiger partial charge in [-0.25, -0.2) is 8.78 Å². The summed E-state index contributed by atoms with van der Waals surface area (Å²) >= 11 is 0. The number of pyridine rings is 1. The average Bonchev–Trinajstić information content (AvgIpc) is 2.92. The fourth-order valence-corrected chi connectivity index (χ4v) is 4.88. The number of rotatable bonds is 7. The van der Waals surface area contributed by atoms with Gasteiger partial charge in [-0.3, -0.25) is 9.59 Å². The number of benzene rings is 4. The van der Waals surface area contributed by atoms with Crippen LogP contribution in [0.15, 0.2) is 95.9 Å². The molecule has 4 aromatic carbocycles. The lowest BCUT2D eigenvalue weighted by Gasteiger charge is -2.22. The topological polar surface area (TPSA) is 51.5 Å². The van der Waals surface area contributed by atoms with E-state index in [1.54, 1.807) is 29.7 Å². The molecule has 0 N–H and O–H groups in total. The van der Waals surface area contributed by atoms with Crippen LogP contribution >= 0.6 is 0 Å². The van der Waals surface area contributed by atoms with E-state index in [0.29, 0.717) is 23.3 Å². The molecule has 202 valence electrons. The maximum atomic E-state index is 14.0. The smallest absolute Gasteiger partial charge is 0.263 e. The fraction of sp³-hybridized carbons (Fsp3) is 0.152. The molecule has 0 bridgehead atoms. The lowest BCUT2D eigenvalue weighted by molar-refractivity contribution is 0.0987. The number of halogens is 2. The highest BCUT2D eigenvalue weighted by Crippen LogP contribution is 2.26. The molecule has 5 rings (SSSR count). The first kappa shape index (κ1) is 26.8. The lowest BCUT2D eigenvalue weighted by atomic mass is 10.1. The van der Waals surface area contributed by atoms with Crippen molar-refractivity contribution in [2.24, 2.45) is 0 Å². The van der Waals surface area contributed by atoms with E-state index in [0.717, 1.165) is 40.6 Å². The third kappa shape index (κ3) is 5.50. The molecule has 0 saturated carbocycles. The highest BCUT2D eigenvalue weighted by molar-refractivity contribution is 6.07. The predicted molar refractivity (Wildman–Crippen MR) is 154 cm³/mol. The molecule has 0 spiro atoms. The van der Waals surface area contributed by atoms with Gasteiger partial charge in [-0.1, -0.05) is 36.4 Å². The summed E-state index contributed by atoms with van der Waals surface area (Å²) in [6, 6.07) is 23.7. The van der Waals surface area contributed by atoms with E-state index in [9.17, 15) is 18.4 Å². The molecule has 40 heavy (non-hydrogen) atoms. The molecule has 0 unspecified atom stereocenters. The minimum atomic E-state index is -0.810. The van der Waals surface area contributed by atoms with E-state index in [1.807, 2.05) is 62.4 Å². The van der Waals surface area contributed by atoms with Gasteiger partial charge in [0.05, 0.1) is 5.52 Å². The minimum Gasteiger partial charge on any atom is -0.489 e. The standard InChI is InChI=1S/C33H28F2N2O3/c1-4-36(27-16-24(34)15-25(35)17-27)33(39)30-19-37(26-13-21(2)12-22(3)14-26)31-18-28(10-11-29(31)32(30)38)40-20-23-8-6-5-7-9-23/h5-19H,4,20H2,1-3H3. The van der Waals surface area contributed by atoms with Crippen molar-refractivity contribution >= 4 is 22.5 Å². The van der Waals surface area contributed by atoms with E-state index >= 15 is 0 Å². The number of aromatic nitrogens is 1. The highest BCUT2D eigenvalue weighted by Gasteiger charge is 2.23. The molecule has 1 amide bonds. The van der Waals surface area contributed by atoms with Crippen LogP contribution in [0.2, 0.25) is 0 Å². The first-order valence-corrected chi connectivity index (χ1v) is 13.0. The van der Waals surface area contributed by atoms with Gasteiger partial charge in [0.25, 0.3) is 5.91 Å². The fourth-order valence-electron chi connectivity index (χ4n) is 4.88. The number of anilines is 1. The first-order valence-electron chi connectivity index (χ1n) is 13.0. The van der Waals surface area contributed by atoms with Gasteiger partial charge in [-0.05, 0) is 73.9 Å². The molecule has 0 aliphatic heterocycles. The number of carbonyl (C=O) groups is 1. The Bertz CT molecular complexity index is 1740. The summed E-state index contributed by atoms with van der Waals surface area (Å²) in [5.74, 6) is -1.70. The number of amides is 1. The van der Waals surface area contributed by atoms with Crippen LogP contribution in [0.3, 0.4) is 0 Å². The largest absolute Gasteiger partial charge is 0.489 e. The van der Waals surface area contributed by atoms with Gasteiger partial charge in [0.15, 0.2) is 0 Å². The maximum absolute atomic E-state index is 14.0. The van der Waals surface area contributed by atoms with Crippen molar-refractivity contribution < 1.29 is 18.3 Å². The summed E-state index contributed by atoms with van der Waals surface area (Å²) in [6.07, 6.45) is 1.50. The van der Waals surface area contributed by atoms with Crippen LogP contribution in [0, 0.1) is 25.5 Å². The minimum absolute atomic E-state index is 0.0344. The predicted octanol–water partition coefficient (Wildman–Crippen LogP) is 7.13. The summed E-state index contributed by atoms with van der Waals surface area (Å²) in [5, 5.41) is 0.318. The third-order valence-corrected chi connectivity index (χ3v) is 6.66. The number of hydrogen-bond acceptors (Lipinski definition) is 3. The quantitative estimate of drug-likeness (QED) is 0.222. The molecule has 0 radical (unpaired) electrons. The lowest BCUT2D eigenvalue weighted by Crippen LogP contribution is -2.35. The molecule has 1 aromatic heterocycles. The number of ether oxygens (including phenoxy) is 1.